The van der Waals surface area contributed by atoms with Crippen LogP contribution in [0.3, 0.4) is 0 Å². The standard InChI is InChI=1S/C24H19N3O4S/c1-31-21-13-12-18(14-20(21)27(29)30)15-22-23(28)26(16-17-8-4-2-5-9-17)24(32-22)25-19-10-6-3-7-11-19/h2-15H,16H2,1H3/b22-15+,25-24?. The molecule has 1 aliphatic rings. The lowest BCUT2D eigenvalue weighted by atomic mass is 10.1. The molecule has 160 valence electrons. The zero-order chi connectivity index (χ0) is 22.5. The van der Waals surface area contributed by atoms with Crippen LogP contribution in [0, 0.1) is 10.1 Å². The number of ether oxygens (including phenoxy) is 1. The fraction of sp³-hybridized carbons (Fsp3) is 0.0833. The summed E-state index contributed by atoms with van der Waals surface area (Å²) >= 11 is 1.25. The summed E-state index contributed by atoms with van der Waals surface area (Å²) in [5, 5.41) is 11.9. The quantitative estimate of drug-likeness (QED) is 0.288. The highest BCUT2D eigenvalue weighted by Crippen LogP contribution is 2.36. The first kappa shape index (κ1) is 21.3. The van der Waals surface area contributed by atoms with E-state index in [1.165, 1.54) is 31.0 Å². The molecule has 0 unspecified atom stereocenters. The Labute approximate surface area is 189 Å². The Kier molecular flexibility index (Phi) is 6.32. The Hall–Kier alpha value is -3.91. The number of hydrogen-bond donors (Lipinski definition) is 0. The van der Waals surface area contributed by atoms with Gasteiger partial charge in [-0.3, -0.25) is 19.8 Å². The zero-order valence-corrected chi connectivity index (χ0v) is 18.0. The molecule has 0 saturated carbocycles. The van der Waals surface area contributed by atoms with Crippen LogP contribution in [-0.4, -0.2) is 28.0 Å². The SMILES string of the molecule is COc1ccc(/C=C2/SC(=Nc3ccccc3)N(Cc3ccccc3)C2=O)cc1[N+](=O)[O-]. The number of para-hydroxylation sites is 1. The fourth-order valence-electron chi connectivity index (χ4n) is 3.20. The summed E-state index contributed by atoms with van der Waals surface area (Å²) in [4.78, 5) is 30.8. The van der Waals surface area contributed by atoms with Gasteiger partial charge in [0.1, 0.15) is 0 Å². The zero-order valence-electron chi connectivity index (χ0n) is 17.2. The molecule has 0 N–H and O–H groups in total. The molecule has 1 aliphatic heterocycles. The van der Waals surface area contributed by atoms with Crippen LogP contribution in [0.15, 0.2) is 88.8 Å². The fourth-order valence-corrected chi connectivity index (χ4v) is 4.20. The summed E-state index contributed by atoms with van der Waals surface area (Å²) < 4.78 is 5.06. The second-order valence-corrected chi connectivity index (χ2v) is 7.91. The Morgan fingerprint density at radius 1 is 1.06 bits per heavy atom. The summed E-state index contributed by atoms with van der Waals surface area (Å²) in [6, 6.07) is 23.7. The molecule has 1 heterocycles. The summed E-state index contributed by atoms with van der Waals surface area (Å²) in [7, 11) is 1.38. The number of amides is 1. The summed E-state index contributed by atoms with van der Waals surface area (Å²) in [6.07, 6.45) is 1.64. The van der Waals surface area contributed by atoms with Crippen LogP contribution in [0.25, 0.3) is 6.08 Å². The highest BCUT2D eigenvalue weighted by atomic mass is 32.2. The van der Waals surface area contributed by atoms with Crippen molar-refractivity contribution in [2.24, 2.45) is 4.99 Å². The van der Waals surface area contributed by atoms with Crippen LogP contribution in [0.5, 0.6) is 5.75 Å². The molecule has 0 radical (unpaired) electrons. The van der Waals surface area contributed by atoms with Gasteiger partial charge < -0.3 is 4.74 Å². The van der Waals surface area contributed by atoms with Crippen LogP contribution in [0.1, 0.15) is 11.1 Å². The number of aliphatic imine (C=N–C) groups is 1. The number of hydrogen-bond acceptors (Lipinski definition) is 6. The maximum Gasteiger partial charge on any atom is 0.311 e. The van der Waals surface area contributed by atoms with Gasteiger partial charge in [-0.2, -0.15) is 0 Å². The number of rotatable bonds is 6. The van der Waals surface area contributed by atoms with Gasteiger partial charge in [0.05, 0.1) is 29.2 Å². The molecule has 7 nitrogen and oxygen atoms in total. The summed E-state index contributed by atoms with van der Waals surface area (Å²) in [5.41, 5.74) is 2.09. The van der Waals surface area contributed by atoms with E-state index in [4.69, 9.17) is 4.74 Å². The maximum absolute atomic E-state index is 13.3. The van der Waals surface area contributed by atoms with Crippen molar-refractivity contribution in [3.05, 3.63) is 105 Å². The lowest BCUT2D eigenvalue weighted by Crippen LogP contribution is -2.28. The van der Waals surface area contributed by atoms with E-state index in [0.717, 1.165) is 11.3 Å². The third-order valence-corrected chi connectivity index (χ3v) is 5.76. The lowest BCUT2D eigenvalue weighted by Gasteiger charge is -2.15. The van der Waals surface area contributed by atoms with E-state index in [9.17, 15) is 14.9 Å². The van der Waals surface area contributed by atoms with Gasteiger partial charge in [0.2, 0.25) is 0 Å². The van der Waals surface area contributed by atoms with E-state index in [1.54, 1.807) is 17.0 Å². The molecule has 0 aliphatic carbocycles. The average Bonchev–Trinajstić information content (AvgIpc) is 3.09. The molecular formula is C24H19N3O4S. The van der Waals surface area contributed by atoms with Crippen molar-refractivity contribution in [1.29, 1.82) is 0 Å². The van der Waals surface area contributed by atoms with Gasteiger partial charge in [0.15, 0.2) is 10.9 Å². The first-order chi connectivity index (χ1) is 15.5. The number of thioether (sulfide) groups is 1. The molecule has 1 amide bonds. The minimum absolute atomic E-state index is 0.156. The Bertz CT molecular complexity index is 1210. The first-order valence-electron chi connectivity index (χ1n) is 9.76. The maximum atomic E-state index is 13.3. The van der Waals surface area contributed by atoms with Gasteiger partial charge in [-0.25, -0.2) is 4.99 Å². The second kappa shape index (κ2) is 9.49. The van der Waals surface area contributed by atoms with E-state index in [0.29, 0.717) is 22.2 Å². The molecule has 0 aromatic heterocycles. The van der Waals surface area contributed by atoms with Gasteiger partial charge >= 0.3 is 5.69 Å². The lowest BCUT2D eigenvalue weighted by molar-refractivity contribution is -0.385. The number of nitro benzene ring substituents is 1. The van der Waals surface area contributed by atoms with Gasteiger partial charge in [0.25, 0.3) is 5.91 Å². The number of carbonyl (C=O) groups is 1. The molecule has 3 aromatic rings. The van der Waals surface area contributed by atoms with Crippen molar-refractivity contribution in [2.45, 2.75) is 6.54 Å². The van der Waals surface area contributed by atoms with Gasteiger partial charge in [-0.1, -0.05) is 54.6 Å². The van der Waals surface area contributed by atoms with Gasteiger partial charge in [-0.05, 0) is 47.2 Å². The number of amidine groups is 1. The summed E-state index contributed by atoms with van der Waals surface area (Å²) in [5.74, 6) is -0.0356. The Morgan fingerprint density at radius 3 is 2.41 bits per heavy atom. The minimum Gasteiger partial charge on any atom is -0.490 e. The normalized spacial score (nSPS) is 16.0. The van der Waals surface area contributed by atoms with E-state index >= 15 is 0 Å². The molecule has 0 atom stereocenters. The number of benzene rings is 3. The van der Waals surface area contributed by atoms with E-state index < -0.39 is 4.92 Å². The Balaban J connectivity index is 1.71. The van der Waals surface area contributed by atoms with Crippen molar-refractivity contribution in [2.75, 3.05) is 7.11 Å². The van der Waals surface area contributed by atoms with Gasteiger partial charge in [-0.15, -0.1) is 0 Å². The molecule has 32 heavy (non-hydrogen) atoms. The highest BCUT2D eigenvalue weighted by molar-refractivity contribution is 8.18. The number of nitrogens with zero attached hydrogens (tertiary/aromatic N) is 3. The Morgan fingerprint density at radius 2 is 1.75 bits per heavy atom. The number of carbonyl (C=O) groups excluding carboxylic acids is 1. The molecule has 0 bridgehead atoms. The first-order valence-corrected chi connectivity index (χ1v) is 10.6. The topological polar surface area (TPSA) is 85.0 Å². The van der Waals surface area contributed by atoms with E-state index in [1.807, 2.05) is 60.7 Å². The van der Waals surface area contributed by atoms with Crippen LogP contribution in [0.4, 0.5) is 11.4 Å². The minimum atomic E-state index is -0.506. The molecule has 1 saturated heterocycles. The van der Waals surface area contributed by atoms with Crippen molar-refractivity contribution < 1.29 is 14.5 Å². The van der Waals surface area contributed by atoms with Crippen molar-refractivity contribution >= 4 is 40.3 Å². The van der Waals surface area contributed by atoms with Crippen LogP contribution in [-0.2, 0) is 11.3 Å². The molecule has 3 aromatic carbocycles. The molecular weight excluding hydrogens is 426 g/mol. The second-order valence-electron chi connectivity index (χ2n) is 6.91. The third kappa shape index (κ3) is 4.70. The third-order valence-electron chi connectivity index (χ3n) is 4.75. The largest absolute Gasteiger partial charge is 0.490 e. The highest BCUT2D eigenvalue weighted by Gasteiger charge is 2.33. The monoisotopic (exact) mass is 445 g/mol. The smallest absolute Gasteiger partial charge is 0.311 e. The molecule has 0 spiro atoms. The average molecular weight is 446 g/mol. The molecule has 8 heteroatoms. The van der Waals surface area contributed by atoms with E-state index in [2.05, 4.69) is 4.99 Å². The van der Waals surface area contributed by atoms with Gasteiger partial charge in [0, 0.05) is 6.07 Å². The van der Waals surface area contributed by atoms with Crippen molar-refractivity contribution in [3.63, 3.8) is 0 Å². The van der Waals surface area contributed by atoms with Crippen molar-refractivity contribution in [3.8, 4) is 5.75 Å². The van der Waals surface area contributed by atoms with E-state index in [-0.39, 0.29) is 17.3 Å². The molecule has 1 fully saturated rings. The van der Waals surface area contributed by atoms with Crippen LogP contribution >= 0.6 is 11.8 Å². The summed E-state index contributed by atoms with van der Waals surface area (Å²) in [6.45, 7) is 0.373. The molecule has 4 rings (SSSR count). The van der Waals surface area contributed by atoms with Crippen LogP contribution < -0.4 is 4.74 Å². The predicted molar refractivity (Wildman–Crippen MR) is 126 cm³/mol. The number of methoxy groups -OCH3 is 1. The van der Waals surface area contributed by atoms with Crippen LogP contribution in [0.2, 0.25) is 0 Å². The predicted octanol–water partition coefficient (Wildman–Crippen LogP) is 5.41. The van der Waals surface area contributed by atoms with Crippen molar-refractivity contribution in [1.82, 2.24) is 4.90 Å². The number of nitro groups is 1.